The van der Waals surface area contributed by atoms with Gasteiger partial charge >= 0.3 is 0 Å². The van der Waals surface area contributed by atoms with Gasteiger partial charge in [0.15, 0.2) is 9.84 Å². The minimum atomic E-state index is -3.43. The fourth-order valence-corrected chi connectivity index (χ4v) is 5.44. The second kappa shape index (κ2) is 10.2. The summed E-state index contributed by atoms with van der Waals surface area (Å²) in [4.78, 5) is 28.2. The highest BCUT2D eigenvalue weighted by Gasteiger charge is 2.29. The summed E-state index contributed by atoms with van der Waals surface area (Å²) in [6.07, 6.45) is 4.40. The van der Waals surface area contributed by atoms with Crippen LogP contribution in [0.1, 0.15) is 56.4 Å². The SMILES string of the molecule is CCCCCS(=O)(=O)CC(=O)NC(CCC)C(=O)N1CCc2sccc2C1. The molecule has 0 saturated carbocycles. The Balaban J connectivity index is 1.94. The van der Waals surface area contributed by atoms with Gasteiger partial charge in [-0.2, -0.15) is 0 Å². The van der Waals surface area contributed by atoms with Crippen LogP contribution in [0.3, 0.4) is 0 Å². The lowest BCUT2D eigenvalue weighted by molar-refractivity contribution is -0.137. The van der Waals surface area contributed by atoms with Crippen molar-refractivity contribution < 1.29 is 18.0 Å². The molecule has 0 fully saturated rings. The van der Waals surface area contributed by atoms with Crippen LogP contribution in [0.15, 0.2) is 11.4 Å². The van der Waals surface area contributed by atoms with Gasteiger partial charge in [0, 0.05) is 18.0 Å². The van der Waals surface area contributed by atoms with E-state index in [0.717, 1.165) is 25.7 Å². The molecule has 27 heavy (non-hydrogen) atoms. The molecule has 1 atom stereocenters. The predicted molar refractivity (Wildman–Crippen MR) is 108 cm³/mol. The van der Waals surface area contributed by atoms with E-state index in [4.69, 9.17) is 0 Å². The third-order valence-electron chi connectivity index (χ3n) is 4.74. The topological polar surface area (TPSA) is 83.5 Å². The first kappa shape index (κ1) is 21.9. The summed E-state index contributed by atoms with van der Waals surface area (Å²) in [7, 11) is -3.43. The van der Waals surface area contributed by atoms with E-state index in [0.29, 0.717) is 25.9 Å². The van der Waals surface area contributed by atoms with Crippen LogP contribution < -0.4 is 5.32 Å². The second-order valence-corrected chi connectivity index (χ2v) is 10.3. The van der Waals surface area contributed by atoms with E-state index in [1.165, 1.54) is 10.4 Å². The van der Waals surface area contributed by atoms with Crippen molar-refractivity contribution in [2.75, 3.05) is 18.1 Å². The highest BCUT2D eigenvalue weighted by molar-refractivity contribution is 7.92. The molecule has 2 rings (SSSR count). The number of nitrogens with zero attached hydrogens (tertiary/aromatic N) is 1. The van der Waals surface area contributed by atoms with Crippen LogP contribution in [0.25, 0.3) is 0 Å². The van der Waals surface area contributed by atoms with Crippen molar-refractivity contribution in [3.05, 3.63) is 21.9 Å². The first-order valence-corrected chi connectivity index (χ1v) is 12.4. The molecular weight excluding hydrogens is 384 g/mol. The Kier molecular flexibility index (Phi) is 8.28. The Morgan fingerprint density at radius 1 is 1.26 bits per heavy atom. The smallest absolute Gasteiger partial charge is 0.245 e. The highest BCUT2D eigenvalue weighted by atomic mass is 32.2. The monoisotopic (exact) mass is 414 g/mol. The molecule has 1 aliphatic heterocycles. The van der Waals surface area contributed by atoms with Crippen LogP contribution in [0.4, 0.5) is 0 Å². The molecular formula is C19H30N2O4S2. The van der Waals surface area contributed by atoms with E-state index in [-0.39, 0.29) is 11.7 Å². The number of rotatable bonds is 10. The average molecular weight is 415 g/mol. The number of amides is 2. The van der Waals surface area contributed by atoms with Gasteiger partial charge in [-0.05, 0) is 36.3 Å². The van der Waals surface area contributed by atoms with Crippen LogP contribution in [0.2, 0.25) is 0 Å². The van der Waals surface area contributed by atoms with Gasteiger partial charge < -0.3 is 10.2 Å². The van der Waals surface area contributed by atoms with Crippen molar-refractivity contribution in [3.8, 4) is 0 Å². The molecule has 0 saturated heterocycles. The molecule has 0 radical (unpaired) electrons. The summed E-state index contributed by atoms with van der Waals surface area (Å²) >= 11 is 1.71. The number of thiophene rings is 1. The summed E-state index contributed by atoms with van der Waals surface area (Å²) in [6.45, 7) is 5.14. The van der Waals surface area contributed by atoms with E-state index in [2.05, 4.69) is 5.32 Å². The highest BCUT2D eigenvalue weighted by Crippen LogP contribution is 2.24. The lowest BCUT2D eigenvalue weighted by atomic mass is 10.1. The molecule has 8 heteroatoms. The Labute approximate surface area is 166 Å². The summed E-state index contributed by atoms with van der Waals surface area (Å²) in [5.74, 6) is -1.22. The standard InChI is InChI=1S/C19H30N2O4S2/c1-3-5-6-12-27(24,25)14-18(22)20-16(7-4-2)19(23)21-10-8-17-15(13-21)9-11-26-17/h9,11,16H,3-8,10,12-14H2,1-2H3,(H,20,22). The van der Waals surface area contributed by atoms with Crippen LogP contribution in [-0.2, 0) is 32.4 Å². The Morgan fingerprint density at radius 3 is 2.74 bits per heavy atom. The average Bonchev–Trinajstić information content (AvgIpc) is 3.08. The van der Waals surface area contributed by atoms with Crippen LogP contribution in [0.5, 0.6) is 0 Å². The molecule has 0 aliphatic carbocycles. The normalized spacial score (nSPS) is 15.3. The largest absolute Gasteiger partial charge is 0.343 e. The molecule has 152 valence electrons. The molecule has 2 heterocycles. The third kappa shape index (κ3) is 6.60. The van der Waals surface area contributed by atoms with E-state index < -0.39 is 27.5 Å². The van der Waals surface area contributed by atoms with Gasteiger partial charge in [-0.15, -0.1) is 11.3 Å². The number of hydrogen-bond acceptors (Lipinski definition) is 5. The molecule has 1 aliphatic rings. The quantitative estimate of drug-likeness (QED) is 0.596. The van der Waals surface area contributed by atoms with Crippen molar-refractivity contribution in [1.29, 1.82) is 0 Å². The number of sulfone groups is 1. The molecule has 0 spiro atoms. The summed E-state index contributed by atoms with van der Waals surface area (Å²) < 4.78 is 24.2. The third-order valence-corrected chi connectivity index (χ3v) is 7.38. The van der Waals surface area contributed by atoms with Crippen LogP contribution in [0, 0.1) is 0 Å². The van der Waals surface area contributed by atoms with Crippen molar-refractivity contribution in [3.63, 3.8) is 0 Å². The fraction of sp³-hybridized carbons (Fsp3) is 0.684. The molecule has 0 bridgehead atoms. The first-order chi connectivity index (χ1) is 12.9. The van der Waals surface area contributed by atoms with Crippen molar-refractivity contribution in [1.82, 2.24) is 10.2 Å². The maximum Gasteiger partial charge on any atom is 0.245 e. The van der Waals surface area contributed by atoms with Crippen LogP contribution >= 0.6 is 11.3 Å². The summed E-state index contributed by atoms with van der Waals surface area (Å²) in [6, 6.07) is 1.38. The molecule has 2 amide bonds. The lowest BCUT2D eigenvalue weighted by Gasteiger charge is -2.30. The predicted octanol–water partition coefficient (Wildman–Crippen LogP) is 2.52. The maximum absolute atomic E-state index is 12.9. The van der Waals surface area contributed by atoms with Gasteiger partial charge in [-0.1, -0.05) is 33.1 Å². The van der Waals surface area contributed by atoms with E-state index in [1.54, 1.807) is 16.2 Å². The maximum atomic E-state index is 12.9. The second-order valence-electron chi connectivity index (χ2n) is 7.09. The van der Waals surface area contributed by atoms with Crippen molar-refractivity contribution >= 4 is 33.0 Å². The van der Waals surface area contributed by atoms with Crippen LogP contribution in [-0.4, -0.2) is 49.2 Å². The number of carbonyl (C=O) groups excluding carboxylic acids is 2. The zero-order valence-corrected chi connectivity index (χ0v) is 17.8. The number of nitrogens with one attached hydrogen (secondary N) is 1. The Hall–Kier alpha value is -1.41. The van der Waals surface area contributed by atoms with Gasteiger partial charge in [0.25, 0.3) is 0 Å². The number of unbranched alkanes of at least 4 members (excludes halogenated alkanes) is 2. The van der Waals surface area contributed by atoms with Gasteiger partial charge in [0.2, 0.25) is 11.8 Å². The molecule has 1 N–H and O–H groups in total. The zero-order chi connectivity index (χ0) is 19.9. The van der Waals surface area contributed by atoms with E-state index >= 15 is 0 Å². The molecule has 1 unspecified atom stereocenters. The zero-order valence-electron chi connectivity index (χ0n) is 16.2. The minimum absolute atomic E-state index is 0.0215. The Bertz CT molecular complexity index is 743. The summed E-state index contributed by atoms with van der Waals surface area (Å²) in [5.41, 5.74) is 1.17. The van der Waals surface area contributed by atoms with E-state index in [1.807, 2.05) is 25.3 Å². The number of hydrogen-bond donors (Lipinski definition) is 1. The van der Waals surface area contributed by atoms with Crippen molar-refractivity contribution in [2.24, 2.45) is 0 Å². The molecule has 6 nitrogen and oxygen atoms in total. The molecule has 0 aromatic carbocycles. The van der Waals surface area contributed by atoms with Gasteiger partial charge in [0.05, 0.1) is 5.75 Å². The summed E-state index contributed by atoms with van der Waals surface area (Å²) in [5, 5.41) is 4.71. The first-order valence-electron chi connectivity index (χ1n) is 9.70. The molecule has 1 aromatic rings. The number of fused-ring (bicyclic) bond motifs is 1. The Morgan fingerprint density at radius 2 is 2.04 bits per heavy atom. The van der Waals surface area contributed by atoms with Gasteiger partial charge in [-0.25, -0.2) is 8.42 Å². The lowest BCUT2D eigenvalue weighted by Crippen LogP contribution is -2.50. The molecule has 1 aromatic heterocycles. The van der Waals surface area contributed by atoms with Gasteiger partial charge in [0.1, 0.15) is 11.8 Å². The number of carbonyl (C=O) groups is 2. The van der Waals surface area contributed by atoms with Crippen molar-refractivity contribution in [2.45, 2.75) is 65.0 Å². The van der Waals surface area contributed by atoms with Gasteiger partial charge in [-0.3, -0.25) is 9.59 Å². The fourth-order valence-electron chi connectivity index (χ4n) is 3.28. The van der Waals surface area contributed by atoms with E-state index in [9.17, 15) is 18.0 Å². The minimum Gasteiger partial charge on any atom is -0.343 e.